The Kier molecular flexibility index (Phi) is 6.11. The number of fused-ring (bicyclic) bond motifs is 1. The summed E-state index contributed by atoms with van der Waals surface area (Å²) in [5.74, 6) is 2.33. The molecule has 1 saturated heterocycles. The fourth-order valence-electron chi connectivity index (χ4n) is 3.64. The number of thiophene rings is 1. The summed E-state index contributed by atoms with van der Waals surface area (Å²) >= 11 is 7.85. The van der Waals surface area contributed by atoms with Crippen LogP contribution in [0.3, 0.4) is 0 Å². The molecule has 8 nitrogen and oxygen atoms in total. The lowest BCUT2D eigenvalue weighted by Crippen LogP contribution is -2.47. The summed E-state index contributed by atoms with van der Waals surface area (Å²) in [5, 5.41) is 6.51. The zero-order valence-corrected chi connectivity index (χ0v) is 18.8. The van der Waals surface area contributed by atoms with Crippen LogP contribution in [-0.2, 0) is 11.3 Å². The van der Waals surface area contributed by atoms with Gasteiger partial charge in [-0.1, -0.05) is 22.8 Å². The number of piperazine rings is 1. The van der Waals surface area contributed by atoms with Gasteiger partial charge in [0.1, 0.15) is 13.2 Å². The summed E-state index contributed by atoms with van der Waals surface area (Å²) in [4.78, 5) is 22.1. The molecule has 0 spiro atoms. The maximum atomic E-state index is 12.6. The number of rotatable bonds is 5. The Hall–Kier alpha value is -2.88. The van der Waals surface area contributed by atoms with Crippen molar-refractivity contribution in [1.29, 1.82) is 0 Å². The van der Waals surface area contributed by atoms with Crippen LogP contribution in [0, 0.1) is 0 Å². The third-order valence-electron chi connectivity index (χ3n) is 5.29. The summed E-state index contributed by atoms with van der Waals surface area (Å²) in [6.07, 6.45) is 3.33. The summed E-state index contributed by atoms with van der Waals surface area (Å²) in [6, 6.07) is 7.53. The quantitative estimate of drug-likeness (QED) is 0.525. The minimum Gasteiger partial charge on any atom is -0.486 e. The van der Waals surface area contributed by atoms with Gasteiger partial charge in [0, 0.05) is 32.3 Å². The van der Waals surface area contributed by atoms with Crippen LogP contribution < -0.4 is 9.47 Å². The topological polar surface area (TPSA) is 80.9 Å². The third-order valence-corrected chi connectivity index (χ3v) is 6.44. The van der Waals surface area contributed by atoms with Crippen LogP contribution in [0.4, 0.5) is 0 Å². The Morgan fingerprint density at radius 3 is 2.84 bits per heavy atom. The minimum atomic E-state index is -0.0339. The van der Waals surface area contributed by atoms with Crippen LogP contribution >= 0.6 is 22.9 Å². The predicted molar refractivity (Wildman–Crippen MR) is 121 cm³/mol. The molecule has 1 amide bonds. The van der Waals surface area contributed by atoms with E-state index in [0.717, 1.165) is 23.5 Å². The van der Waals surface area contributed by atoms with E-state index in [1.807, 2.05) is 28.5 Å². The summed E-state index contributed by atoms with van der Waals surface area (Å²) < 4.78 is 16.5. The van der Waals surface area contributed by atoms with Crippen molar-refractivity contribution in [1.82, 2.24) is 19.9 Å². The van der Waals surface area contributed by atoms with Gasteiger partial charge in [-0.05, 0) is 35.2 Å². The number of benzene rings is 1. The number of carbonyl (C=O) groups excluding carboxylic acids is 1. The minimum absolute atomic E-state index is 0.0339. The maximum Gasteiger partial charge on any atom is 0.246 e. The number of hydrogen-bond donors (Lipinski definition) is 0. The van der Waals surface area contributed by atoms with Crippen LogP contribution in [0.25, 0.3) is 16.8 Å². The average Bonchev–Trinajstić information content (AvgIpc) is 3.50. The molecule has 0 saturated carbocycles. The smallest absolute Gasteiger partial charge is 0.246 e. The molecule has 10 heteroatoms. The van der Waals surface area contributed by atoms with E-state index in [2.05, 4.69) is 15.0 Å². The molecule has 1 aromatic carbocycles. The highest BCUT2D eigenvalue weighted by Crippen LogP contribution is 2.38. The SMILES string of the molecule is O=C(/C=C/c1cc(Cl)c2c(c1)OCCO2)N1CCN(Cc2nc(-c3cccs3)no2)CC1. The van der Waals surface area contributed by atoms with E-state index < -0.39 is 0 Å². The fourth-order valence-corrected chi connectivity index (χ4v) is 4.57. The van der Waals surface area contributed by atoms with Crippen molar-refractivity contribution in [3.8, 4) is 22.2 Å². The van der Waals surface area contributed by atoms with Gasteiger partial charge in [-0.25, -0.2) is 0 Å². The highest BCUT2D eigenvalue weighted by Gasteiger charge is 2.22. The van der Waals surface area contributed by atoms with Gasteiger partial charge in [0.25, 0.3) is 0 Å². The molecular formula is C22H21ClN4O4S. The van der Waals surface area contributed by atoms with E-state index in [-0.39, 0.29) is 5.91 Å². The molecule has 0 radical (unpaired) electrons. The Bertz CT molecular complexity index is 1120. The molecule has 2 aromatic heterocycles. The molecule has 1 fully saturated rings. The first-order valence-electron chi connectivity index (χ1n) is 10.3. The van der Waals surface area contributed by atoms with Crippen LogP contribution in [0.5, 0.6) is 11.5 Å². The molecule has 32 heavy (non-hydrogen) atoms. The highest BCUT2D eigenvalue weighted by molar-refractivity contribution is 7.13. The lowest BCUT2D eigenvalue weighted by Gasteiger charge is -2.33. The van der Waals surface area contributed by atoms with Gasteiger partial charge in [-0.15, -0.1) is 11.3 Å². The second kappa shape index (κ2) is 9.32. The first-order valence-corrected chi connectivity index (χ1v) is 11.6. The van der Waals surface area contributed by atoms with Gasteiger partial charge in [-0.3, -0.25) is 9.69 Å². The van der Waals surface area contributed by atoms with Crippen molar-refractivity contribution >= 4 is 34.9 Å². The molecule has 5 rings (SSSR count). The van der Waals surface area contributed by atoms with Crippen LogP contribution in [0.15, 0.2) is 40.2 Å². The number of carbonyl (C=O) groups is 1. The molecule has 0 atom stereocenters. The normalized spacial score (nSPS) is 16.6. The van der Waals surface area contributed by atoms with Gasteiger partial charge in [0.2, 0.25) is 17.6 Å². The summed E-state index contributed by atoms with van der Waals surface area (Å²) in [5.41, 5.74) is 0.796. The monoisotopic (exact) mass is 472 g/mol. The number of aromatic nitrogens is 2. The van der Waals surface area contributed by atoms with Crippen molar-refractivity contribution < 1.29 is 18.8 Å². The van der Waals surface area contributed by atoms with Crippen LogP contribution in [0.1, 0.15) is 11.5 Å². The molecule has 2 aliphatic rings. The van der Waals surface area contributed by atoms with Crippen LogP contribution in [-0.4, -0.2) is 65.2 Å². The van der Waals surface area contributed by atoms with E-state index in [9.17, 15) is 4.79 Å². The zero-order chi connectivity index (χ0) is 21.9. The standard InChI is InChI=1S/C22H21ClN4O4S/c23-16-12-15(13-17-21(16)30-10-9-29-17)3-4-20(28)27-7-5-26(6-8-27)14-19-24-22(25-31-19)18-2-1-11-32-18/h1-4,11-13H,5-10,14H2/b4-3+. The number of ether oxygens (including phenoxy) is 2. The highest BCUT2D eigenvalue weighted by atomic mass is 35.5. The van der Waals surface area contributed by atoms with E-state index in [0.29, 0.717) is 61.1 Å². The van der Waals surface area contributed by atoms with Crippen LogP contribution in [0.2, 0.25) is 5.02 Å². The van der Waals surface area contributed by atoms with Gasteiger partial charge in [0.05, 0.1) is 16.4 Å². The second-order valence-corrected chi connectivity index (χ2v) is 8.81. The van der Waals surface area contributed by atoms with Gasteiger partial charge < -0.3 is 18.9 Å². The molecule has 166 valence electrons. The largest absolute Gasteiger partial charge is 0.486 e. The Labute approximate surface area is 194 Å². The number of amides is 1. The summed E-state index contributed by atoms with van der Waals surface area (Å²) in [7, 11) is 0. The van der Waals surface area contributed by atoms with E-state index in [4.69, 9.17) is 25.6 Å². The van der Waals surface area contributed by atoms with Gasteiger partial charge in [-0.2, -0.15) is 4.98 Å². The predicted octanol–water partition coefficient (Wildman–Crippen LogP) is 3.58. The second-order valence-electron chi connectivity index (χ2n) is 7.45. The van der Waals surface area contributed by atoms with Crippen molar-refractivity contribution in [3.63, 3.8) is 0 Å². The Morgan fingerprint density at radius 2 is 2.03 bits per heavy atom. The van der Waals surface area contributed by atoms with Crippen molar-refractivity contribution in [2.24, 2.45) is 0 Å². The first-order chi connectivity index (χ1) is 15.7. The molecule has 4 heterocycles. The fraction of sp³-hybridized carbons (Fsp3) is 0.318. The molecule has 0 N–H and O–H groups in total. The summed E-state index contributed by atoms with van der Waals surface area (Å²) in [6.45, 7) is 4.30. The molecule has 2 aliphatic heterocycles. The van der Waals surface area contributed by atoms with Gasteiger partial charge >= 0.3 is 0 Å². The maximum absolute atomic E-state index is 12.6. The molecule has 3 aromatic rings. The molecule has 0 bridgehead atoms. The van der Waals surface area contributed by atoms with Crippen molar-refractivity contribution in [2.75, 3.05) is 39.4 Å². The number of halogens is 1. The Morgan fingerprint density at radius 1 is 1.19 bits per heavy atom. The number of hydrogen-bond acceptors (Lipinski definition) is 8. The van der Waals surface area contributed by atoms with E-state index in [1.165, 1.54) is 0 Å². The average molecular weight is 473 g/mol. The zero-order valence-electron chi connectivity index (χ0n) is 17.2. The molecular weight excluding hydrogens is 452 g/mol. The third kappa shape index (κ3) is 4.64. The van der Waals surface area contributed by atoms with Crippen molar-refractivity contribution in [3.05, 3.63) is 52.2 Å². The Balaban J connectivity index is 1.14. The number of nitrogens with zero attached hydrogens (tertiary/aromatic N) is 4. The van der Waals surface area contributed by atoms with Crippen molar-refractivity contribution in [2.45, 2.75) is 6.54 Å². The van der Waals surface area contributed by atoms with Gasteiger partial charge in [0.15, 0.2) is 11.5 Å². The molecule has 0 aliphatic carbocycles. The molecule has 0 unspecified atom stereocenters. The lowest BCUT2D eigenvalue weighted by atomic mass is 10.1. The van der Waals surface area contributed by atoms with E-state index >= 15 is 0 Å². The van der Waals surface area contributed by atoms with E-state index in [1.54, 1.807) is 29.6 Å². The lowest BCUT2D eigenvalue weighted by molar-refractivity contribution is -0.127. The first kappa shape index (κ1) is 21.0.